The number of halogens is 1. The largest absolute Gasteiger partial charge is 0.127 e. The fraction of sp³-hybridized carbons (Fsp3) is 0.194. The molecule has 4 aromatic rings. The maximum absolute atomic E-state index is 6.51. The third-order valence-electron chi connectivity index (χ3n) is 7.87. The Morgan fingerprint density at radius 2 is 1.08 bits per heavy atom. The Balaban J connectivity index is 0.000000630. The van der Waals surface area contributed by atoms with Gasteiger partial charge in [0.25, 0.3) is 0 Å². The fourth-order valence-electron chi connectivity index (χ4n) is 6.38. The molecule has 0 saturated heterocycles. The summed E-state index contributed by atoms with van der Waals surface area (Å²) in [5.74, 6) is 1.58. The molecule has 0 heterocycles. The molecule has 0 N–H and O–H groups in total. The van der Waals surface area contributed by atoms with Crippen LogP contribution in [0.5, 0.6) is 0 Å². The first kappa shape index (κ1) is 28.4. The van der Waals surface area contributed by atoms with Crippen molar-refractivity contribution in [2.75, 3.05) is 5.88 Å². The van der Waals surface area contributed by atoms with Gasteiger partial charge in [0.05, 0.1) is 0 Å². The Hall–Kier alpha value is -2.64. The summed E-state index contributed by atoms with van der Waals surface area (Å²) in [7, 11) is 0. The number of fused-ring (bicyclic) bond motifs is 6. The van der Waals surface area contributed by atoms with Gasteiger partial charge in [-0.25, -0.2) is 0 Å². The first-order chi connectivity index (χ1) is 18.2. The maximum Gasteiger partial charge on any atom is 0.0314 e. The van der Waals surface area contributed by atoms with Crippen LogP contribution in [0.2, 0.25) is 0 Å². The molecular weight excluding hydrogens is 516 g/mol. The molecule has 0 aromatic heterocycles. The Labute approximate surface area is 248 Å². The average Bonchev–Trinajstić information content (AvgIpc) is 3.47. The first-order valence-electron chi connectivity index (χ1n) is 13.2. The Morgan fingerprint density at radius 1 is 0.711 bits per heavy atom. The number of hydrogen-bond acceptors (Lipinski definition) is 0. The molecule has 38 heavy (non-hydrogen) atoms. The molecule has 0 saturated carbocycles. The van der Waals surface area contributed by atoms with E-state index in [2.05, 4.69) is 117 Å². The van der Waals surface area contributed by atoms with Crippen LogP contribution in [0.25, 0.3) is 22.3 Å². The van der Waals surface area contributed by atoms with Crippen LogP contribution in [0.4, 0.5) is 0 Å². The smallest absolute Gasteiger partial charge is 0.0314 e. The predicted octanol–water partition coefficient (Wildman–Crippen LogP) is 10.2. The molecule has 2 heteroatoms. The Bertz CT molecular complexity index is 1350. The molecule has 1 unspecified atom stereocenters. The number of benzene rings is 4. The summed E-state index contributed by atoms with van der Waals surface area (Å²) in [4.78, 5) is 0. The van der Waals surface area contributed by atoms with Gasteiger partial charge in [0, 0.05) is 39.4 Å². The van der Waals surface area contributed by atoms with Gasteiger partial charge in [-0.1, -0.05) is 121 Å². The molecule has 0 amide bonds. The molecular formula is C36H34ClTi. The molecule has 0 aliphatic heterocycles. The minimum absolute atomic E-state index is 0. The second kappa shape index (κ2) is 12.9. The van der Waals surface area contributed by atoms with E-state index in [4.69, 9.17) is 11.6 Å². The SMILES string of the molecule is CC=C(C1c2ccccc2-c2ccccc21)C(CCCl)C1c2ccccc2-c2ccccc21.[CH2]C=CC.[Ti]. The third kappa shape index (κ3) is 5.03. The second-order valence-corrected chi connectivity index (χ2v) is 10.1. The predicted molar refractivity (Wildman–Crippen MR) is 160 cm³/mol. The standard InChI is InChI=1S/C32H27Cl.C4H7.Ti/c1-2-21(31-26-15-7-3-11-22(26)23-12-4-8-16-27(23)31)30(19-20-33)32-28-17-9-5-13-24(28)25-14-6-10-18-29(25)32;1-3-4-2;/h2-18,30-32H,19-20H2,1H3;3-4H,1H2,2H3;. The van der Waals surface area contributed by atoms with Crippen LogP contribution >= 0.6 is 11.6 Å². The second-order valence-electron chi connectivity index (χ2n) is 9.70. The summed E-state index contributed by atoms with van der Waals surface area (Å²) in [6.07, 6.45) is 6.97. The van der Waals surface area contributed by atoms with E-state index in [1.807, 2.05) is 13.0 Å². The van der Waals surface area contributed by atoms with E-state index in [1.165, 1.54) is 50.1 Å². The van der Waals surface area contributed by atoms with Crippen molar-refractivity contribution in [1.29, 1.82) is 0 Å². The summed E-state index contributed by atoms with van der Waals surface area (Å²) in [6, 6.07) is 35.8. The van der Waals surface area contributed by atoms with Crippen molar-refractivity contribution in [2.45, 2.75) is 32.1 Å². The van der Waals surface area contributed by atoms with Crippen molar-refractivity contribution in [3.63, 3.8) is 0 Å². The van der Waals surface area contributed by atoms with Crippen molar-refractivity contribution in [1.82, 2.24) is 0 Å². The monoisotopic (exact) mass is 549 g/mol. The van der Waals surface area contributed by atoms with Crippen molar-refractivity contribution < 1.29 is 21.7 Å². The minimum Gasteiger partial charge on any atom is -0.127 e. The van der Waals surface area contributed by atoms with Crippen LogP contribution in [0.1, 0.15) is 54.4 Å². The van der Waals surface area contributed by atoms with Crippen LogP contribution in [0, 0.1) is 12.8 Å². The molecule has 1 atom stereocenters. The van der Waals surface area contributed by atoms with Crippen molar-refractivity contribution in [3.8, 4) is 22.3 Å². The normalized spacial score (nSPS) is 14.6. The van der Waals surface area contributed by atoms with Crippen molar-refractivity contribution in [2.24, 2.45) is 5.92 Å². The van der Waals surface area contributed by atoms with E-state index in [0.717, 1.165) is 6.42 Å². The number of rotatable bonds is 5. The van der Waals surface area contributed by atoms with Crippen molar-refractivity contribution in [3.05, 3.63) is 150 Å². The molecule has 4 aromatic carbocycles. The molecule has 0 bridgehead atoms. The molecule has 189 valence electrons. The van der Waals surface area contributed by atoms with Crippen LogP contribution in [-0.2, 0) is 21.7 Å². The van der Waals surface area contributed by atoms with E-state index in [0.29, 0.717) is 17.7 Å². The molecule has 2 aliphatic rings. The zero-order valence-electron chi connectivity index (χ0n) is 22.2. The van der Waals surface area contributed by atoms with Gasteiger partial charge >= 0.3 is 0 Å². The van der Waals surface area contributed by atoms with E-state index in [-0.39, 0.29) is 27.6 Å². The van der Waals surface area contributed by atoms with Crippen LogP contribution in [-0.4, -0.2) is 5.88 Å². The van der Waals surface area contributed by atoms with E-state index in [1.54, 1.807) is 6.08 Å². The topological polar surface area (TPSA) is 0 Å². The molecule has 1 radical (unpaired) electrons. The first-order valence-corrected chi connectivity index (χ1v) is 13.8. The maximum atomic E-state index is 6.51. The number of allylic oxidation sites excluding steroid dienone is 4. The van der Waals surface area contributed by atoms with Gasteiger partial charge in [0.1, 0.15) is 0 Å². The van der Waals surface area contributed by atoms with Gasteiger partial charge in [-0.15, -0.1) is 11.6 Å². The minimum atomic E-state index is 0. The van der Waals surface area contributed by atoms with Gasteiger partial charge in [0.15, 0.2) is 0 Å². The summed E-state index contributed by atoms with van der Waals surface area (Å²) in [5.41, 5.74) is 12.7. The van der Waals surface area contributed by atoms with Gasteiger partial charge in [-0.05, 0) is 77.6 Å². The summed E-state index contributed by atoms with van der Waals surface area (Å²) >= 11 is 6.51. The summed E-state index contributed by atoms with van der Waals surface area (Å²) in [6.45, 7) is 7.58. The molecule has 0 nitrogen and oxygen atoms in total. The zero-order chi connectivity index (χ0) is 25.8. The van der Waals surface area contributed by atoms with E-state index >= 15 is 0 Å². The zero-order valence-corrected chi connectivity index (χ0v) is 24.5. The van der Waals surface area contributed by atoms with E-state index < -0.39 is 0 Å². The Morgan fingerprint density at radius 3 is 1.45 bits per heavy atom. The van der Waals surface area contributed by atoms with Crippen LogP contribution in [0.3, 0.4) is 0 Å². The third-order valence-corrected chi connectivity index (χ3v) is 8.09. The molecule has 0 fully saturated rings. The van der Waals surface area contributed by atoms with Crippen LogP contribution in [0.15, 0.2) is 121 Å². The van der Waals surface area contributed by atoms with Gasteiger partial charge in [0.2, 0.25) is 0 Å². The molecule has 6 rings (SSSR count). The number of alkyl halides is 1. The fourth-order valence-corrected chi connectivity index (χ4v) is 6.62. The summed E-state index contributed by atoms with van der Waals surface area (Å²) in [5, 5.41) is 0. The van der Waals surface area contributed by atoms with Gasteiger partial charge in [-0.3, -0.25) is 0 Å². The van der Waals surface area contributed by atoms with Gasteiger partial charge < -0.3 is 0 Å². The summed E-state index contributed by atoms with van der Waals surface area (Å²) < 4.78 is 0. The van der Waals surface area contributed by atoms with Crippen LogP contribution < -0.4 is 0 Å². The number of hydrogen-bond donors (Lipinski definition) is 0. The molecule has 2 aliphatic carbocycles. The Kier molecular flexibility index (Phi) is 9.66. The van der Waals surface area contributed by atoms with E-state index in [9.17, 15) is 0 Å². The quantitative estimate of drug-likeness (QED) is 0.132. The van der Waals surface area contributed by atoms with Crippen molar-refractivity contribution >= 4 is 11.6 Å². The average molecular weight is 550 g/mol. The van der Waals surface area contributed by atoms with Gasteiger partial charge in [-0.2, -0.15) is 0 Å². The molecule has 0 spiro atoms.